The molecule has 6 nitrogen and oxygen atoms in total. The molecule has 0 radical (unpaired) electrons. The molecule has 0 N–H and O–H groups in total. The fourth-order valence-corrected chi connectivity index (χ4v) is 2.70. The van der Waals surface area contributed by atoms with E-state index < -0.39 is 10.7 Å². The van der Waals surface area contributed by atoms with Crippen molar-refractivity contribution in [1.29, 1.82) is 5.26 Å². The zero-order valence-corrected chi connectivity index (χ0v) is 14.4. The van der Waals surface area contributed by atoms with Crippen LogP contribution in [0.1, 0.15) is 21.7 Å². The molecule has 6 heteroatoms. The van der Waals surface area contributed by atoms with Gasteiger partial charge >= 0.3 is 0 Å². The van der Waals surface area contributed by atoms with Crippen LogP contribution in [0, 0.1) is 28.4 Å². The van der Waals surface area contributed by atoms with E-state index in [-0.39, 0.29) is 11.3 Å². The molecule has 0 aliphatic carbocycles. The van der Waals surface area contributed by atoms with Gasteiger partial charge in [0.2, 0.25) is 5.78 Å². The lowest BCUT2D eigenvalue weighted by molar-refractivity contribution is -0.385. The maximum Gasteiger partial charge on any atom is 0.273 e. The van der Waals surface area contributed by atoms with Gasteiger partial charge in [0.1, 0.15) is 23.2 Å². The van der Waals surface area contributed by atoms with E-state index >= 15 is 0 Å². The van der Waals surface area contributed by atoms with E-state index in [0.29, 0.717) is 28.2 Å². The average molecular weight is 358 g/mol. The van der Waals surface area contributed by atoms with Crippen molar-refractivity contribution in [1.82, 2.24) is 0 Å². The van der Waals surface area contributed by atoms with Crippen molar-refractivity contribution >= 4 is 17.5 Å². The summed E-state index contributed by atoms with van der Waals surface area (Å²) in [6.07, 6.45) is 1.37. The highest BCUT2D eigenvalue weighted by Crippen LogP contribution is 2.31. The Labute approximate surface area is 155 Å². The van der Waals surface area contributed by atoms with Crippen LogP contribution in [0.3, 0.4) is 0 Å². The van der Waals surface area contributed by atoms with Crippen molar-refractivity contribution in [2.45, 2.75) is 6.92 Å². The van der Waals surface area contributed by atoms with Crippen LogP contribution in [0.5, 0.6) is 0 Å². The molecule has 0 aliphatic rings. The van der Waals surface area contributed by atoms with E-state index in [1.54, 1.807) is 61.5 Å². The summed E-state index contributed by atoms with van der Waals surface area (Å²) in [6.45, 7) is 1.64. The van der Waals surface area contributed by atoms with Crippen molar-refractivity contribution in [3.05, 3.63) is 93.2 Å². The first-order valence-corrected chi connectivity index (χ1v) is 8.07. The Hall–Kier alpha value is -3.98. The van der Waals surface area contributed by atoms with E-state index in [1.807, 2.05) is 6.07 Å². The number of Topliss-reactive ketones (excluding diaryl/α,β-unsaturated/α-hetero) is 1. The number of allylic oxidation sites excluding steroid dienone is 1. The van der Waals surface area contributed by atoms with E-state index in [1.165, 1.54) is 12.1 Å². The second kappa shape index (κ2) is 7.50. The molecular formula is C21H14N2O4. The lowest BCUT2D eigenvalue weighted by Gasteiger charge is -2.03. The molecule has 0 spiro atoms. The summed E-state index contributed by atoms with van der Waals surface area (Å²) in [4.78, 5) is 23.1. The molecule has 1 aromatic heterocycles. The summed E-state index contributed by atoms with van der Waals surface area (Å²) in [6, 6.07) is 18.4. The van der Waals surface area contributed by atoms with Crippen molar-refractivity contribution in [2.75, 3.05) is 0 Å². The topological polar surface area (TPSA) is 97.1 Å². The number of carbonyl (C=O) groups excluding carboxylic acids is 1. The Morgan fingerprint density at radius 2 is 1.85 bits per heavy atom. The van der Waals surface area contributed by atoms with Crippen LogP contribution in [0.25, 0.3) is 17.4 Å². The van der Waals surface area contributed by atoms with E-state index in [4.69, 9.17) is 4.42 Å². The maximum absolute atomic E-state index is 12.4. The molecule has 3 rings (SSSR count). The van der Waals surface area contributed by atoms with Crippen LogP contribution in [0.4, 0.5) is 5.69 Å². The van der Waals surface area contributed by atoms with E-state index in [9.17, 15) is 20.2 Å². The lowest BCUT2D eigenvalue weighted by atomic mass is 10.0. The average Bonchev–Trinajstić information content (AvgIpc) is 3.14. The molecule has 0 amide bonds. The van der Waals surface area contributed by atoms with Crippen LogP contribution in [-0.4, -0.2) is 10.7 Å². The van der Waals surface area contributed by atoms with Gasteiger partial charge in [-0.2, -0.15) is 5.26 Å². The second-order valence-corrected chi connectivity index (χ2v) is 5.77. The minimum absolute atomic E-state index is 0.00189. The first-order chi connectivity index (χ1) is 13.0. The molecule has 3 aromatic rings. The SMILES string of the molecule is Cc1c(-c2ccc(/C=C(\C#N)C(=O)c3ccccc3)o2)cccc1[N+](=O)[O-]. The number of hydrogen-bond donors (Lipinski definition) is 0. The van der Waals surface area contributed by atoms with Crippen LogP contribution in [0.2, 0.25) is 0 Å². The monoisotopic (exact) mass is 358 g/mol. The number of nitro benzene ring substituents is 1. The molecule has 0 fully saturated rings. The van der Waals surface area contributed by atoms with Gasteiger partial charge in [-0.1, -0.05) is 42.5 Å². The molecule has 0 saturated heterocycles. The van der Waals surface area contributed by atoms with Crippen LogP contribution in [-0.2, 0) is 0 Å². The zero-order chi connectivity index (χ0) is 19.4. The van der Waals surface area contributed by atoms with Crippen LogP contribution < -0.4 is 0 Å². The molecule has 2 aromatic carbocycles. The smallest absolute Gasteiger partial charge is 0.273 e. The van der Waals surface area contributed by atoms with Crippen molar-refractivity contribution < 1.29 is 14.1 Å². The summed E-state index contributed by atoms with van der Waals surface area (Å²) in [5.41, 5.74) is 1.41. The standard InChI is InChI=1S/C21H14N2O4/c1-14-18(8-5-9-19(14)23(25)26)20-11-10-17(27-20)12-16(13-22)21(24)15-6-3-2-4-7-15/h2-12H,1H3/b16-12+. The number of hydrogen-bond acceptors (Lipinski definition) is 5. The highest BCUT2D eigenvalue weighted by atomic mass is 16.6. The quantitative estimate of drug-likeness (QED) is 0.211. The molecular weight excluding hydrogens is 344 g/mol. The number of nitro groups is 1. The third kappa shape index (κ3) is 3.67. The number of nitrogens with zero attached hydrogens (tertiary/aromatic N) is 2. The number of benzene rings is 2. The Morgan fingerprint density at radius 1 is 1.11 bits per heavy atom. The third-order valence-electron chi connectivity index (χ3n) is 4.08. The van der Waals surface area contributed by atoms with Crippen molar-refractivity contribution in [3.8, 4) is 17.4 Å². The predicted molar refractivity (Wildman–Crippen MR) is 99.9 cm³/mol. The minimum Gasteiger partial charge on any atom is -0.457 e. The molecule has 1 heterocycles. The zero-order valence-electron chi connectivity index (χ0n) is 14.4. The van der Waals surface area contributed by atoms with Gasteiger partial charge in [-0.3, -0.25) is 14.9 Å². The molecule has 0 saturated carbocycles. The minimum atomic E-state index is -0.450. The summed E-state index contributed by atoms with van der Waals surface area (Å²) < 4.78 is 5.70. The van der Waals surface area contributed by atoms with Gasteiger partial charge in [0, 0.05) is 28.8 Å². The Balaban J connectivity index is 1.95. The molecule has 0 bridgehead atoms. The van der Waals surface area contributed by atoms with Crippen molar-refractivity contribution in [2.24, 2.45) is 0 Å². The van der Waals surface area contributed by atoms with Gasteiger partial charge in [0.05, 0.1) is 4.92 Å². The fourth-order valence-electron chi connectivity index (χ4n) is 2.70. The highest BCUT2D eigenvalue weighted by molar-refractivity contribution is 6.13. The number of nitriles is 1. The summed E-state index contributed by atoms with van der Waals surface area (Å²) >= 11 is 0. The van der Waals surface area contributed by atoms with Gasteiger partial charge in [-0.25, -0.2) is 0 Å². The van der Waals surface area contributed by atoms with E-state index in [2.05, 4.69) is 0 Å². The van der Waals surface area contributed by atoms with Crippen LogP contribution in [0.15, 0.2) is 70.7 Å². The largest absolute Gasteiger partial charge is 0.457 e. The molecule has 132 valence electrons. The fraction of sp³-hybridized carbons (Fsp3) is 0.0476. The van der Waals surface area contributed by atoms with Crippen LogP contribution >= 0.6 is 0 Å². The van der Waals surface area contributed by atoms with Gasteiger partial charge in [-0.05, 0) is 19.1 Å². The van der Waals surface area contributed by atoms with Gasteiger partial charge < -0.3 is 4.42 Å². The Morgan fingerprint density at radius 3 is 2.52 bits per heavy atom. The maximum atomic E-state index is 12.4. The Kier molecular flexibility index (Phi) is 4.95. The normalized spacial score (nSPS) is 11.0. The number of furan rings is 1. The molecule has 0 atom stereocenters. The molecule has 0 unspecified atom stereocenters. The first kappa shape index (κ1) is 17.8. The highest BCUT2D eigenvalue weighted by Gasteiger charge is 2.17. The Bertz CT molecular complexity index is 1090. The molecule has 0 aliphatic heterocycles. The van der Waals surface area contributed by atoms with Crippen molar-refractivity contribution in [3.63, 3.8) is 0 Å². The van der Waals surface area contributed by atoms with Gasteiger partial charge in [-0.15, -0.1) is 0 Å². The van der Waals surface area contributed by atoms with Gasteiger partial charge in [0.25, 0.3) is 5.69 Å². The van der Waals surface area contributed by atoms with E-state index in [0.717, 1.165) is 0 Å². The first-order valence-electron chi connectivity index (χ1n) is 8.07. The number of rotatable bonds is 5. The molecule has 27 heavy (non-hydrogen) atoms. The number of carbonyl (C=O) groups is 1. The second-order valence-electron chi connectivity index (χ2n) is 5.77. The van der Waals surface area contributed by atoms with Gasteiger partial charge in [0.15, 0.2) is 0 Å². The summed E-state index contributed by atoms with van der Waals surface area (Å²) in [5, 5.41) is 20.4. The summed E-state index contributed by atoms with van der Waals surface area (Å²) in [5.74, 6) is 0.339. The number of ketones is 1. The third-order valence-corrected chi connectivity index (χ3v) is 4.08. The lowest BCUT2D eigenvalue weighted by Crippen LogP contribution is -2.01. The predicted octanol–water partition coefficient (Wildman–Crippen LogP) is 4.95. The summed E-state index contributed by atoms with van der Waals surface area (Å²) in [7, 11) is 0.